The van der Waals surface area contributed by atoms with Crippen molar-refractivity contribution in [1.29, 1.82) is 0 Å². The van der Waals surface area contributed by atoms with E-state index in [0.29, 0.717) is 31.1 Å². The van der Waals surface area contributed by atoms with Crippen LogP contribution in [0.2, 0.25) is 0 Å². The monoisotopic (exact) mass is 395 g/mol. The number of benzene rings is 2. The molecule has 0 bridgehead atoms. The quantitative estimate of drug-likeness (QED) is 0.805. The van der Waals surface area contributed by atoms with Crippen molar-refractivity contribution in [3.8, 4) is 5.75 Å². The first-order chi connectivity index (χ1) is 13.9. The van der Waals surface area contributed by atoms with Crippen molar-refractivity contribution in [1.82, 2.24) is 10.2 Å². The Morgan fingerprint density at radius 1 is 1.14 bits per heavy atom. The minimum Gasteiger partial charge on any atom is -0.495 e. The number of rotatable bonds is 5. The number of methoxy groups -OCH3 is 1. The molecule has 0 aromatic heterocycles. The van der Waals surface area contributed by atoms with Crippen LogP contribution in [0.25, 0.3) is 0 Å². The fourth-order valence-corrected chi connectivity index (χ4v) is 3.74. The topological polar surface area (TPSA) is 70.7 Å². The number of ether oxygens (including phenoxy) is 1. The minimum absolute atomic E-state index is 0.0180. The highest BCUT2D eigenvalue weighted by Gasteiger charge is 2.39. The third-order valence-electron chi connectivity index (χ3n) is 5.58. The molecule has 154 valence electrons. The summed E-state index contributed by atoms with van der Waals surface area (Å²) < 4.78 is 5.30. The summed E-state index contributed by atoms with van der Waals surface area (Å²) in [6.07, 6.45) is 1.54. The number of aryl methyl sites for hydroxylation is 1. The van der Waals surface area contributed by atoms with E-state index in [9.17, 15) is 9.59 Å². The largest absolute Gasteiger partial charge is 0.495 e. The van der Waals surface area contributed by atoms with E-state index in [1.165, 1.54) is 0 Å². The smallest absolute Gasteiger partial charge is 0.321 e. The van der Waals surface area contributed by atoms with Gasteiger partial charge in [-0.15, -0.1) is 0 Å². The highest BCUT2D eigenvalue weighted by atomic mass is 16.5. The van der Waals surface area contributed by atoms with Crippen LogP contribution in [0.4, 0.5) is 10.5 Å². The molecule has 0 aliphatic carbocycles. The Kier molecular flexibility index (Phi) is 6.42. The van der Waals surface area contributed by atoms with Crippen LogP contribution in [0.15, 0.2) is 48.5 Å². The molecule has 0 saturated carbocycles. The molecule has 0 spiro atoms. The van der Waals surface area contributed by atoms with Gasteiger partial charge in [0.15, 0.2) is 0 Å². The van der Waals surface area contributed by atoms with Gasteiger partial charge in [-0.3, -0.25) is 4.79 Å². The first-order valence-electron chi connectivity index (χ1n) is 9.95. The highest BCUT2D eigenvalue weighted by Crippen LogP contribution is 2.31. The zero-order valence-corrected chi connectivity index (χ0v) is 17.3. The van der Waals surface area contributed by atoms with Crippen molar-refractivity contribution >= 4 is 17.6 Å². The first kappa shape index (κ1) is 20.7. The Morgan fingerprint density at radius 3 is 2.62 bits per heavy atom. The normalized spacial score (nSPS) is 18.8. The summed E-state index contributed by atoms with van der Waals surface area (Å²) in [5, 5.41) is 5.96. The Hall–Kier alpha value is -3.02. The lowest BCUT2D eigenvalue weighted by Gasteiger charge is -2.39. The maximum atomic E-state index is 12.9. The molecule has 2 aromatic rings. The van der Waals surface area contributed by atoms with Crippen LogP contribution in [-0.4, -0.2) is 37.0 Å². The van der Waals surface area contributed by atoms with Crippen molar-refractivity contribution in [3.05, 3.63) is 59.7 Å². The average Bonchev–Trinajstić information content (AvgIpc) is 2.73. The lowest BCUT2D eigenvalue weighted by molar-refractivity contribution is -0.132. The number of urea groups is 1. The predicted octanol–water partition coefficient (Wildman–Crippen LogP) is 3.95. The Balaban J connectivity index is 1.63. The SMILES string of the molecule is COc1ccccc1NC(=O)N1CCC[C@@](C)(C(=O)NCc2ccccc2C)C1. The molecule has 2 aromatic carbocycles. The standard InChI is InChI=1S/C23H29N3O3/c1-17-9-4-5-10-18(17)15-24-21(27)23(2)13-8-14-26(16-23)22(28)25-19-11-6-7-12-20(19)29-3/h4-7,9-12H,8,13-16H2,1-3H3,(H,24,27)(H,25,28)/t23-/m1/s1. The van der Waals surface area contributed by atoms with Gasteiger partial charge < -0.3 is 20.3 Å². The summed E-state index contributed by atoms with van der Waals surface area (Å²) in [6.45, 7) is 5.47. The van der Waals surface area contributed by atoms with E-state index < -0.39 is 5.41 Å². The number of hydrogen-bond donors (Lipinski definition) is 2. The lowest BCUT2D eigenvalue weighted by Crippen LogP contribution is -2.52. The van der Waals surface area contributed by atoms with E-state index in [1.807, 2.05) is 50.2 Å². The number of nitrogens with one attached hydrogen (secondary N) is 2. The Morgan fingerprint density at radius 2 is 1.86 bits per heavy atom. The maximum absolute atomic E-state index is 12.9. The summed E-state index contributed by atoms with van der Waals surface area (Å²) in [6, 6.07) is 15.1. The molecule has 3 rings (SSSR count). The molecule has 6 nitrogen and oxygen atoms in total. The lowest BCUT2D eigenvalue weighted by atomic mass is 9.81. The second-order valence-corrected chi connectivity index (χ2v) is 7.83. The highest BCUT2D eigenvalue weighted by molar-refractivity contribution is 5.92. The van der Waals surface area contributed by atoms with Gasteiger partial charge in [-0.25, -0.2) is 4.79 Å². The molecule has 1 saturated heterocycles. The van der Waals surface area contributed by atoms with Crippen LogP contribution in [-0.2, 0) is 11.3 Å². The van der Waals surface area contributed by atoms with E-state index in [1.54, 1.807) is 24.1 Å². The van der Waals surface area contributed by atoms with Gasteiger partial charge in [0.2, 0.25) is 5.91 Å². The third kappa shape index (κ3) is 4.88. The molecule has 6 heteroatoms. The zero-order valence-electron chi connectivity index (χ0n) is 17.3. The van der Waals surface area contributed by atoms with E-state index in [4.69, 9.17) is 4.74 Å². The van der Waals surface area contributed by atoms with Gasteiger partial charge in [0.1, 0.15) is 5.75 Å². The van der Waals surface area contributed by atoms with Crippen molar-refractivity contribution in [2.45, 2.75) is 33.2 Å². The number of nitrogens with zero attached hydrogens (tertiary/aromatic N) is 1. The van der Waals surface area contributed by atoms with Gasteiger partial charge in [-0.1, -0.05) is 36.4 Å². The molecule has 1 atom stereocenters. The summed E-state index contributed by atoms with van der Waals surface area (Å²) >= 11 is 0. The molecular formula is C23H29N3O3. The molecule has 2 N–H and O–H groups in total. The second kappa shape index (κ2) is 8.99. The molecular weight excluding hydrogens is 366 g/mol. The van der Waals surface area contributed by atoms with Crippen LogP contribution >= 0.6 is 0 Å². The van der Waals surface area contributed by atoms with Crippen LogP contribution in [0, 0.1) is 12.3 Å². The minimum atomic E-state index is -0.612. The maximum Gasteiger partial charge on any atom is 0.321 e. The van der Waals surface area contributed by atoms with Gasteiger partial charge in [0.25, 0.3) is 0 Å². The summed E-state index contributed by atoms with van der Waals surface area (Å²) in [7, 11) is 1.57. The van der Waals surface area contributed by atoms with Crippen molar-refractivity contribution in [2.24, 2.45) is 5.41 Å². The summed E-state index contributed by atoms with van der Waals surface area (Å²) in [4.78, 5) is 27.5. The van der Waals surface area contributed by atoms with Crippen molar-refractivity contribution in [3.63, 3.8) is 0 Å². The third-order valence-corrected chi connectivity index (χ3v) is 5.58. The predicted molar refractivity (Wildman–Crippen MR) is 114 cm³/mol. The van der Waals surface area contributed by atoms with E-state index in [2.05, 4.69) is 10.6 Å². The number of amides is 3. The van der Waals surface area contributed by atoms with Crippen LogP contribution in [0.1, 0.15) is 30.9 Å². The number of carbonyl (C=O) groups excluding carboxylic acids is 2. The Labute approximate surface area is 172 Å². The number of piperidine rings is 1. The molecule has 3 amide bonds. The Bertz CT molecular complexity index is 883. The van der Waals surface area contributed by atoms with Gasteiger partial charge in [0.05, 0.1) is 18.2 Å². The molecule has 1 aliphatic rings. The average molecular weight is 396 g/mol. The molecule has 1 heterocycles. The van der Waals surface area contributed by atoms with Gasteiger partial charge >= 0.3 is 6.03 Å². The number of likely N-dealkylation sites (tertiary alicyclic amines) is 1. The first-order valence-corrected chi connectivity index (χ1v) is 9.95. The zero-order chi connectivity index (χ0) is 20.9. The number of hydrogen-bond acceptors (Lipinski definition) is 3. The van der Waals surface area contributed by atoms with Gasteiger partial charge in [-0.2, -0.15) is 0 Å². The van der Waals surface area contributed by atoms with Gasteiger partial charge in [-0.05, 0) is 49.9 Å². The molecule has 0 radical (unpaired) electrons. The molecule has 1 fully saturated rings. The van der Waals surface area contributed by atoms with Gasteiger partial charge in [0, 0.05) is 19.6 Å². The summed E-state index contributed by atoms with van der Waals surface area (Å²) in [5.41, 5.74) is 2.26. The van der Waals surface area contributed by atoms with Crippen LogP contribution in [0.5, 0.6) is 5.75 Å². The second-order valence-electron chi connectivity index (χ2n) is 7.83. The van der Waals surface area contributed by atoms with E-state index in [0.717, 1.165) is 24.0 Å². The molecule has 29 heavy (non-hydrogen) atoms. The number of anilines is 1. The fourth-order valence-electron chi connectivity index (χ4n) is 3.74. The summed E-state index contributed by atoms with van der Waals surface area (Å²) in [5.74, 6) is 0.590. The van der Waals surface area contributed by atoms with Crippen molar-refractivity contribution in [2.75, 3.05) is 25.5 Å². The van der Waals surface area contributed by atoms with Crippen molar-refractivity contribution < 1.29 is 14.3 Å². The van der Waals surface area contributed by atoms with E-state index >= 15 is 0 Å². The van der Waals surface area contributed by atoms with Crippen LogP contribution in [0.3, 0.4) is 0 Å². The molecule has 1 aliphatic heterocycles. The fraction of sp³-hybridized carbons (Fsp3) is 0.391. The number of carbonyl (C=O) groups is 2. The van der Waals surface area contributed by atoms with Crippen LogP contribution < -0.4 is 15.4 Å². The van der Waals surface area contributed by atoms with E-state index in [-0.39, 0.29) is 11.9 Å². The number of para-hydroxylation sites is 2. The molecule has 0 unspecified atom stereocenters.